The molecule has 0 saturated carbocycles. The van der Waals surface area contributed by atoms with Crippen LogP contribution >= 0.6 is 0 Å². The predicted molar refractivity (Wildman–Crippen MR) is 73.5 cm³/mol. The van der Waals surface area contributed by atoms with Gasteiger partial charge in [-0.25, -0.2) is 4.39 Å². The molecule has 0 unspecified atom stereocenters. The third-order valence-corrected chi connectivity index (χ3v) is 3.68. The molecule has 0 saturated heterocycles. The van der Waals surface area contributed by atoms with Gasteiger partial charge in [-0.1, -0.05) is 24.3 Å². The Labute approximate surface area is 112 Å². The molecule has 2 aromatic rings. The highest BCUT2D eigenvalue weighted by atomic mass is 19.1. The number of halogens is 1. The highest BCUT2D eigenvalue weighted by Crippen LogP contribution is 2.27. The van der Waals surface area contributed by atoms with Gasteiger partial charge in [-0.2, -0.15) is 0 Å². The second kappa shape index (κ2) is 5.02. The zero-order chi connectivity index (χ0) is 13.2. The van der Waals surface area contributed by atoms with Gasteiger partial charge in [0.15, 0.2) is 0 Å². The van der Waals surface area contributed by atoms with E-state index in [1.807, 2.05) is 6.07 Å². The molecule has 1 aliphatic heterocycles. The SMILES string of the molecule is OCc1cc(F)ccc1N1CCc2ccccc2C1. The second-order valence-corrected chi connectivity index (χ2v) is 4.87. The highest BCUT2D eigenvalue weighted by Gasteiger charge is 2.18. The molecule has 3 rings (SSSR count). The molecule has 0 amide bonds. The normalized spacial score (nSPS) is 14.3. The third-order valence-electron chi connectivity index (χ3n) is 3.68. The lowest BCUT2D eigenvalue weighted by Gasteiger charge is -2.32. The summed E-state index contributed by atoms with van der Waals surface area (Å²) in [6.45, 7) is 1.58. The summed E-state index contributed by atoms with van der Waals surface area (Å²) in [5, 5.41) is 9.38. The van der Waals surface area contributed by atoms with Gasteiger partial charge < -0.3 is 10.0 Å². The van der Waals surface area contributed by atoms with Gasteiger partial charge in [0.25, 0.3) is 0 Å². The van der Waals surface area contributed by atoms with Crippen LogP contribution in [0, 0.1) is 5.82 Å². The summed E-state index contributed by atoms with van der Waals surface area (Å²) in [6, 6.07) is 13.0. The van der Waals surface area contributed by atoms with Gasteiger partial charge in [0, 0.05) is 24.3 Å². The highest BCUT2D eigenvalue weighted by molar-refractivity contribution is 5.55. The number of hydrogen-bond acceptors (Lipinski definition) is 2. The Morgan fingerprint density at radius 1 is 1.11 bits per heavy atom. The molecule has 98 valence electrons. The first kappa shape index (κ1) is 12.2. The van der Waals surface area contributed by atoms with E-state index in [1.54, 1.807) is 6.07 Å². The van der Waals surface area contributed by atoms with E-state index >= 15 is 0 Å². The topological polar surface area (TPSA) is 23.5 Å². The average Bonchev–Trinajstić information content (AvgIpc) is 2.46. The fourth-order valence-electron chi connectivity index (χ4n) is 2.69. The fraction of sp³-hybridized carbons (Fsp3) is 0.250. The molecule has 19 heavy (non-hydrogen) atoms. The number of benzene rings is 2. The molecule has 1 N–H and O–H groups in total. The molecule has 0 aliphatic carbocycles. The van der Waals surface area contributed by atoms with E-state index in [9.17, 15) is 9.50 Å². The zero-order valence-corrected chi connectivity index (χ0v) is 10.6. The van der Waals surface area contributed by atoms with E-state index < -0.39 is 0 Å². The summed E-state index contributed by atoms with van der Waals surface area (Å²) < 4.78 is 13.2. The van der Waals surface area contributed by atoms with Crippen molar-refractivity contribution in [2.75, 3.05) is 11.4 Å². The lowest BCUT2D eigenvalue weighted by molar-refractivity contribution is 0.281. The van der Waals surface area contributed by atoms with Gasteiger partial charge in [0.2, 0.25) is 0 Å². The van der Waals surface area contributed by atoms with E-state index in [0.29, 0.717) is 5.56 Å². The van der Waals surface area contributed by atoms with Gasteiger partial charge in [-0.15, -0.1) is 0 Å². The monoisotopic (exact) mass is 257 g/mol. The Morgan fingerprint density at radius 2 is 1.89 bits per heavy atom. The fourth-order valence-corrected chi connectivity index (χ4v) is 2.69. The molecule has 2 nitrogen and oxygen atoms in total. The van der Waals surface area contributed by atoms with Crippen molar-refractivity contribution < 1.29 is 9.50 Å². The van der Waals surface area contributed by atoms with Gasteiger partial charge >= 0.3 is 0 Å². The smallest absolute Gasteiger partial charge is 0.123 e. The maximum Gasteiger partial charge on any atom is 0.123 e. The number of rotatable bonds is 2. The van der Waals surface area contributed by atoms with Crippen molar-refractivity contribution in [3.63, 3.8) is 0 Å². The minimum absolute atomic E-state index is 0.134. The van der Waals surface area contributed by atoms with Gasteiger partial charge in [-0.3, -0.25) is 0 Å². The maximum absolute atomic E-state index is 13.2. The summed E-state index contributed by atoms with van der Waals surface area (Å²) in [5.41, 5.74) is 4.27. The van der Waals surface area contributed by atoms with Crippen LogP contribution in [0.4, 0.5) is 10.1 Å². The molecule has 0 aromatic heterocycles. The van der Waals surface area contributed by atoms with Crippen molar-refractivity contribution in [2.45, 2.75) is 19.6 Å². The minimum atomic E-state index is -0.301. The van der Waals surface area contributed by atoms with Gasteiger partial charge in [-0.05, 0) is 35.7 Å². The molecule has 0 atom stereocenters. The summed E-state index contributed by atoms with van der Waals surface area (Å²) in [6.07, 6.45) is 0.985. The maximum atomic E-state index is 13.2. The first-order valence-corrected chi connectivity index (χ1v) is 6.49. The average molecular weight is 257 g/mol. The Balaban J connectivity index is 1.93. The van der Waals surface area contributed by atoms with Crippen LogP contribution in [-0.2, 0) is 19.6 Å². The number of hydrogen-bond donors (Lipinski definition) is 1. The molecule has 0 radical (unpaired) electrons. The zero-order valence-electron chi connectivity index (χ0n) is 10.6. The van der Waals surface area contributed by atoms with Gasteiger partial charge in [0.1, 0.15) is 5.82 Å². The molecule has 1 aliphatic rings. The minimum Gasteiger partial charge on any atom is -0.392 e. The molecule has 0 bridgehead atoms. The third kappa shape index (κ3) is 2.34. The first-order valence-electron chi connectivity index (χ1n) is 6.49. The van der Waals surface area contributed by atoms with Crippen LogP contribution in [0.1, 0.15) is 16.7 Å². The van der Waals surface area contributed by atoms with Crippen LogP contribution in [0.2, 0.25) is 0 Å². The Morgan fingerprint density at radius 3 is 2.68 bits per heavy atom. The van der Waals surface area contributed by atoms with E-state index in [1.165, 1.54) is 23.3 Å². The predicted octanol–water partition coefficient (Wildman–Crippen LogP) is 2.88. The standard InChI is InChI=1S/C16H16FNO/c17-15-5-6-16(14(9-15)11-19)18-8-7-12-3-1-2-4-13(12)10-18/h1-6,9,19H,7-8,10-11H2. The number of aliphatic hydroxyl groups is 1. The number of nitrogens with zero attached hydrogens (tertiary/aromatic N) is 1. The lowest BCUT2D eigenvalue weighted by atomic mass is 9.99. The van der Waals surface area contributed by atoms with Crippen molar-refractivity contribution in [3.8, 4) is 0 Å². The molecule has 3 heteroatoms. The van der Waals surface area contributed by atoms with Crippen molar-refractivity contribution in [3.05, 3.63) is 65.0 Å². The Hall–Kier alpha value is -1.87. The summed E-state index contributed by atoms with van der Waals surface area (Å²) in [5.74, 6) is -0.301. The summed E-state index contributed by atoms with van der Waals surface area (Å²) >= 11 is 0. The quantitative estimate of drug-likeness (QED) is 0.894. The lowest BCUT2D eigenvalue weighted by Crippen LogP contribution is -2.31. The largest absolute Gasteiger partial charge is 0.392 e. The number of aliphatic hydroxyl groups excluding tert-OH is 1. The molecule has 2 aromatic carbocycles. The van der Waals surface area contributed by atoms with Crippen molar-refractivity contribution in [1.82, 2.24) is 0 Å². The van der Waals surface area contributed by atoms with E-state index in [0.717, 1.165) is 25.2 Å². The molecular weight excluding hydrogens is 241 g/mol. The van der Waals surface area contributed by atoms with Crippen molar-refractivity contribution in [2.24, 2.45) is 0 Å². The molecule has 1 heterocycles. The van der Waals surface area contributed by atoms with Crippen LogP contribution < -0.4 is 4.90 Å². The Bertz CT molecular complexity index is 597. The van der Waals surface area contributed by atoms with Crippen molar-refractivity contribution in [1.29, 1.82) is 0 Å². The van der Waals surface area contributed by atoms with E-state index in [-0.39, 0.29) is 12.4 Å². The summed E-state index contributed by atoms with van der Waals surface area (Å²) in [4.78, 5) is 2.20. The first-order chi connectivity index (χ1) is 9.28. The Kier molecular flexibility index (Phi) is 3.22. The molecule has 0 spiro atoms. The van der Waals surface area contributed by atoms with Gasteiger partial charge in [0.05, 0.1) is 6.61 Å². The van der Waals surface area contributed by atoms with E-state index in [4.69, 9.17) is 0 Å². The van der Waals surface area contributed by atoms with Crippen molar-refractivity contribution >= 4 is 5.69 Å². The van der Waals surface area contributed by atoms with Crippen LogP contribution in [0.3, 0.4) is 0 Å². The molecular formula is C16H16FNO. The van der Waals surface area contributed by atoms with Crippen LogP contribution in [-0.4, -0.2) is 11.7 Å². The number of anilines is 1. The second-order valence-electron chi connectivity index (χ2n) is 4.87. The molecule has 0 fully saturated rings. The number of fused-ring (bicyclic) bond motifs is 1. The van der Waals surface area contributed by atoms with Crippen LogP contribution in [0.25, 0.3) is 0 Å². The van der Waals surface area contributed by atoms with E-state index in [2.05, 4.69) is 23.1 Å². The van der Waals surface area contributed by atoms with Crippen LogP contribution in [0.5, 0.6) is 0 Å². The summed E-state index contributed by atoms with van der Waals surface area (Å²) in [7, 11) is 0. The van der Waals surface area contributed by atoms with Crippen LogP contribution in [0.15, 0.2) is 42.5 Å².